The average molecular weight is 464 g/mol. The van der Waals surface area contributed by atoms with E-state index in [9.17, 15) is 9.59 Å². The van der Waals surface area contributed by atoms with Gasteiger partial charge in [0, 0.05) is 30.9 Å². The number of halogens is 1. The maximum atomic E-state index is 13.2. The molecule has 0 unspecified atom stereocenters. The van der Waals surface area contributed by atoms with E-state index in [1.54, 1.807) is 25.3 Å². The molecular weight excluding hydrogens is 438 g/mol. The van der Waals surface area contributed by atoms with Crippen LogP contribution in [0.15, 0.2) is 72.8 Å². The minimum Gasteiger partial charge on any atom is -0.495 e. The van der Waals surface area contributed by atoms with Crippen LogP contribution < -0.4 is 20.3 Å². The van der Waals surface area contributed by atoms with E-state index in [0.29, 0.717) is 29.4 Å². The molecule has 0 saturated carbocycles. The molecule has 170 valence electrons. The van der Waals surface area contributed by atoms with Crippen LogP contribution in [0.25, 0.3) is 0 Å². The van der Waals surface area contributed by atoms with E-state index in [2.05, 4.69) is 10.6 Å². The van der Waals surface area contributed by atoms with E-state index < -0.39 is 6.04 Å². The highest BCUT2D eigenvalue weighted by Gasteiger charge is 2.22. The molecule has 4 rings (SSSR count). The van der Waals surface area contributed by atoms with Gasteiger partial charge in [0.2, 0.25) is 11.8 Å². The number of carbonyl (C=O) groups is 2. The highest BCUT2D eigenvalue weighted by Crippen LogP contribution is 2.28. The standard InChI is InChI=1S/C26H26ClN3O3/c1-33-23-14-11-20(16-22(23)27)29-26(32)25(19-6-3-2-4-7-19)28-17-18-9-12-21(13-10-18)30-15-5-8-24(30)31/h2-4,6-7,9-14,16,25,28H,5,8,15,17H2,1H3,(H,29,32)/t25-/m0/s1. The number of benzene rings is 3. The summed E-state index contributed by atoms with van der Waals surface area (Å²) in [4.78, 5) is 27.0. The lowest BCUT2D eigenvalue weighted by Crippen LogP contribution is -2.32. The van der Waals surface area contributed by atoms with Crippen LogP contribution >= 0.6 is 11.6 Å². The quantitative estimate of drug-likeness (QED) is 0.496. The Morgan fingerprint density at radius 1 is 1.09 bits per heavy atom. The maximum Gasteiger partial charge on any atom is 0.246 e. The summed E-state index contributed by atoms with van der Waals surface area (Å²) in [7, 11) is 1.55. The molecular formula is C26H26ClN3O3. The summed E-state index contributed by atoms with van der Waals surface area (Å²) in [5.74, 6) is 0.522. The topological polar surface area (TPSA) is 70.7 Å². The van der Waals surface area contributed by atoms with Crippen LogP contribution in [0.4, 0.5) is 11.4 Å². The van der Waals surface area contributed by atoms with Gasteiger partial charge in [-0.05, 0) is 47.9 Å². The molecule has 1 atom stereocenters. The number of carbonyl (C=O) groups excluding carboxylic acids is 2. The first-order chi connectivity index (χ1) is 16.0. The highest BCUT2D eigenvalue weighted by molar-refractivity contribution is 6.32. The summed E-state index contributed by atoms with van der Waals surface area (Å²) in [5, 5.41) is 6.72. The second kappa shape index (κ2) is 10.5. The number of hydrogen-bond donors (Lipinski definition) is 2. The van der Waals surface area contributed by atoms with Crippen LogP contribution in [0.2, 0.25) is 5.02 Å². The molecule has 1 saturated heterocycles. The Bertz CT molecular complexity index is 1120. The van der Waals surface area contributed by atoms with Crippen molar-refractivity contribution < 1.29 is 14.3 Å². The summed E-state index contributed by atoms with van der Waals surface area (Å²) in [5.41, 5.74) is 3.38. The second-order valence-electron chi connectivity index (χ2n) is 7.88. The van der Waals surface area contributed by atoms with Gasteiger partial charge in [0.05, 0.1) is 12.1 Å². The fraction of sp³-hybridized carbons (Fsp3) is 0.231. The van der Waals surface area contributed by atoms with E-state index in [-0.39, 0.29) is 11.8 Å². The SMILES string of the molecule is COc1ccc(NC(=O)[C@@H](NCc2ccc(N3CCCC3=O)cc2)c2ccccc2)cc1Cl. The highest BCUT2D eigenvalue weighted by atomic mass is 35.5. The van der Waals surface area contributed by atoms with Crippen molar-refractivity contribution in [3.63, 3.8) is 0 Å². The molecule has 0 radical (unpaired) electrons. The first-order valence-corrected chi connectivity index (χ1v) is 11.2. The minimum atomic E-state index is -0.563. The van der Waals surface area contributed by atoms with Crippen LogP contribution in [0.5, 0.6) is 5.75 Å². The lowest BCUT2D eigenvalue weighted by molar-refractivity contribution is -0.118. The molecule has 6 nitrogen and oxygen atoms in total. The fourth-order valence-corrected chi connectivity index (χ4v) is 4.16. The van der Waals surface area contributed by atoms with Crippen molar-refractivity contribution in [2.75, 3.05) is 23.9 Å². The molecule has 33 heavy (non-hydrogen) atoms. The van der Waals surface area contributed by atoms with E-state index >= 15 is 0 Å². The van der Waals surface area contributed by atoms with E-state index in [4.69, 9.17) is 16.3 Å². The first kappa shape index (κ1) is 22.8. The molecule has 2 N–H and O–H groups in total. The number of nitrogens with zero attached hydrogens (tertiary/aromatic N) is 1. The number of ether oxygens (including phenoxy) is 1. The van der Waals surface area contributed by atoms with Crippen LogP contribution in [0.1, 0.15) is 30.0 Å². The predicted molar refractivity (Wildman–Crippen MR) is 131 cm³/mol. The Hall–Kier alpha value is -3.35. The maximum absolute atomic E-state index is 13.2. The van der Waals surface area contributed by atoms with Crippen molar-refractivity contribution in [3.8, 4) is 5.75 Å². The van der Waals surface area contributed by atoms with Crippen LogP contribution in [-0.4, -0.2) is 25.5 Å². The molecule has 0 spiro atoms. The third-order valence-electron chi connectivity index (χ3n) is 5.65. The van der Waals surface area contributed by atoms with Crippen molar-refractivity contribution >= 4 is 34.8 Å². The lowest BCUT2D eigenvalue weighted by atomic mass is 10.1. The fourth-order valence-electron chi connectivity index (χ4n) is 3.90. The zero-order valence-corrected chi connectivity index (χ0v) is 19.1. The molecule has 3 aromatic rings. The van der Waals surface area contributed by atoms with Gasteiger partial charge in [-0.15, -0.1) is 0 Å². The zero-order valence-electron chi connectivity index (χ0n) is 18.4. The summed E-state index contributed by atoms with van der Waals surface area (Å²) in [6, 6.07) is 22.0. The van der Waals surface area contributed by atoms with Crippen molar-refractivity contribution in [3.05, 3.63) is 88.9 Å². The number of methoxy groups -OCH3 is 1. The number of rotatable bonds is 8. The monoisotopic (exact) mass is 463 g/mol. The molecule has 0 aliphatic carbocycles. The third kappa shape index (κ3) is 5.53. The lowest BCUT2D eigenvalue weighted by Gasteiger charge is -2.20. The smallest absolute Gasteiger partial charge is 0.246 e. The average Bonchev–Trinajstić information content (AvgIpc) is 3.26. The molecule has 1 aliphatic rings. The molecule has 1 fully saturated rings. The van der Waals surface area contributed by atoms with Gasteiger partial charge in [0.15, 0.2) is 0 Å². The van der Waals surface area contributed by atoms with E-state index in [0.717, 1.165) is 29.8 Å². The molecule has 1 heterocycles. The van der Waals surface area contributed by atoms with Gasteiger partial charge in [-0.1, -0.05) is 54.1 Å². The molecule has 2 amide bonds. The summed E-state index contributed by atoms with van der Waals surface area (Å²) < 4.78 is 5.18. The minimum absolute atomic E-state index is 0.167. The Morgan fingerprint density at radius 3 is 2.48 bits per heavy atom. The van der Waals surface area contributed by atoms with Gasteiger partial charge in [0.1, 0.15) is 11.8 Å². The molecule has 7 heteroatoms. The van der Waals surface area contributed by atoms with Crippen molar-refractivity contribution in [2.24, 2.45) is 0 Å². The van der Waals surface area contributed by atoms with Crippen molar-refractivity contribution in [2.45, 2.75) is 25.4 Å². The Balaban J connectivity index is 1.46. The summed E-state index contributed by atoms with van der Waals surface area (Å²) >= 11 is 6.20. The third-order valence-corrected chi connectivity index (χ3v) is 5.94. The van der Waals surface area contributed by atoms with Crippen LogP contribution in [0, 0.1) is 0 Å². The molecule has 0 bridgehead atoms. The van der Waals surface area contributed by atoms with Crippen LogP contribution in [0.3, 0.4) is 0 Å². The Labute approximate surface area is 198 Å². The number of amides is 2. The van der Waals surface area contributed by atoms with Gasteiger partial charge in [-0.2, -0.15) is 0 Å². The Morgan fingerprint density at radius 2 is 1.85 bits per heavy atom. The van der Waals surface area contributed by atoms with Gasteiger partial charge in [0.25, 0.3) is 0 Å². The largest absolute Gasteiger partial charge is 0.495 e. The normalized spacial score (nSPS) is 14.2. The van der Waals surface area contributed by atoms with Crippen LogP contribution in [-0.2, 0) is 16.1 Å². The first-order valence-electron chi connectivity index (χ1n) is 10.9. The van der Waals surface area contributed by atoms with Gasteiger partial charge < -0.3 is 15.0 Å². The van der Waals surface area contributed by atoms with E-state index in [1.165, 1.54) is 0 Å². The Kier molecular flexibility index (Phi) is 7.27. The zero-order chi connectivity index (χ0) is 23.2. The van der Waals surface area contributed by atoms with Gasteiger partial charge in [-0.25, -0.2) is 0 Å². The number of anilines is 2. The summed E-state index contributed by atoms with van der Waals surface area (Å²) in [6.45, 7) is 1.26. The molecule has 0 aromatic heterocycles. The molecule has 3 aromatic carbocycles. The predicted octanol–water partition coefficient (Wildman–Crippen LogP) is 4.95. The van der Waals surface area contributed by atoms with Gasteiger partial charge in [-0.3, -0.25) is 14.9 Å². The number of hydrogen-bond acceptors (Lipinski definition) is 4. The van der Waals surface area contributed by atoms with E-state index in [1.807, 2.05) is 59.5 Å². The van der Waals surface area contributed by atoms with Gasteiger partial charge >= 0.3 is 0 Å². The van der Waals surface area contributed by atoms with Crippen molar-refractivity contribution in [1.82, 2.24) is 5.32 Å². The number of nitrogens with one attached hydrogen (secondary N) is 2. The van der Waals surface area contributed by atoms with Crippen molar-refractivity contribution in [1.29, 1.82) is 0 Å². The second-order valence-corrected chi connectivity index (χ2v) is 8.29. The summed E-state index contributed by atoms with van der Waals surface area (Å²) in [6.07, 6.45) is 1.51. The molecule has 1 aliphatic heterocycles.